The fraction of sp³-hybridized carbons (Fsp3) is 0.733. The molecule has 3 atom stereocenters. The quantitative estimate of drug-likeness (QED) is 0.0236. The summed E-state index contributed by atoms with van der Waals surface area (Å²) in [7, 11) is -4.63. The first-order chi connectivity index (χ1) is 27.2. The van der Waals surface area contributed by atoms with Crippen molar-refractivity contribution >= 4 is 19.8 Å². The molecule has 0 fully saturated rings. The summed E-state index contributed by atoms with van der Waals surface area (Å²) >= 11 is 0. The Labute approximate surface area is 340 Å². The fourth-order valence-electron chi connectivity index (χ4n) is 5.57. The molecule has 0 rings (SSSR count). The minimum atomic E-state index is -4.63. The number of ether oxygens (including phenoxy) is 2. The molecule has 0 amide bonds. The van der Waals surface area contributed by atoms with E-state index in [1.165, 1.54) is 44.9 Å². The predicted octanol–water partition coefficient (Wildman–Crippen LogP) is 11.5. The lowest BCUT2D eigenvalue weighted by Gasteiger charge is -2.20. The number of allylic oxidation sites excluding steroid dienone is 10. The topological polar surface area (TPSA) is 149 Å². The number of rotatable bonds is 40. The van der Waals surface area contributed by atoms with E-state index in [1.807, 2.05) is 0 Å². The van der Waals surface area contributed by atoms with E-state index < -0.39 is 51.8 Å². The van der Waals surface area contributed by atoms with Crippen molar-refractivity contribution in [1.82, 2.24) is 0 Å². The molecule has 0 bridgehead atoms. The molecule has 0 aliphatic rings. The lowest BCUT2D eigenvalue weighted by atomic mass is 10.1. The first-order valence-electron chi connectivity index (χ1n) is 21.7. The zero-order valence-electron chi connectivity index (χ0n) is 35.1. The Morgan fingerprint density at radius 1 is 0.554 bits per heavy atom. The molecule has 0 saturated carbocycles. The summed E-state index contributed by atoms with van der Waals surface area (Å²) in [5, 5.41) is 18.3. The summed E-state index contributed by atoms with van der Waals surface area (Å²) in [6.07, 6.45) is 44.6. The van der Waals surface area contributed by atoms with Crippen molar-refractivity contribution in [1.29, 1.82) is 0 Å². The Morgan fingerprint density at radius 2 is 0.982 bits per heavy atom. The number of hydrogen-bond acceptors (Lipinski definition) is 9. The normalized spacial score (nSPS) is 14.4. The number of unbranched alkanes of at least 4 members (excludes halogenated alkanes) is 16. The van der Waals surface area contributed by atoms with Gasteiger partial charge in [-0.1, -0.05) is 145 Å². The predicted molar refractivity (Wildman–Crippen MR) is 228 cm³/mol. The molecule has 0 radical (unpaired) electrons. The summed E-state index contributed by atoms with van der Waals surface area (Å²) in [6, 6.07) is 0. The van der Waals surface area contributed by atoms with Gasteiger partial charge in [-0.2, -0.15) is 0 Å². The third-order valence-electron chi connectivity index (χ3n) is 8.91. The van der Waals surface area contributed by atoms with Gasteiger partial charge in [-0.15, -0.1) is 0 Å². The Balaban J connectivity index is 4.34. The van der Waals surface area contributed by atoms with Gasteiger partial charge in [-0.3, -0.25) is 18.6 Å². The summed E-state index contributed by atoms with van der Waals surface area (Å²) < 4.78 is 32.7. The highest BCUT2D eigenvalue weighted by atomic mass is 31.2. The highest BCUT2D eigenvalue weighted by molar-refractivity contribution is 7.47. The van der Waals surface area contributed by atoms with Crippen LogP contribution in [0.2, 0.25) is 0 Å². The van der Waals surface area contributed by atoms with Crippen LogP contribution in [0.25, 0.3) is 0 Å². The number of esters is 2. The molecule has 0 aliphatic heterocycles. The van der Waals surface area contributed by atoms with Crippen LogP contribution in [0, 0.1) is 0 Å². The summed E-state index contributed by atoms with van der Waals surface area (Å²) in [6.45, 7) is 2.22. The van der Waals surface area contributed by atoms with Crippen LogP contribution in [0.5, 0.6) is 0 Å². The summed E-state index contributed by atoms with van der Waals surface area (Å²) in [5.74, 6) is -0.955. The van der Waals surface area contributed by atoms with E-state index >= 15 is 0 Å². The molecule has 0 heterocycles. The highest BCUT2D eigenvalue weighted by Crippen LogP contribution is 2.43. The van der Waals surface area contributed by atoms with Crippen molar-refractivity contribution in [3.8, 4) is 0 Å². The van der Waals surface area contributed by atoms with E-state index in [9.17, 15) is 24.2 Å². The minimum absolute atomic E-state index is 0.167. The van der Waals surface area contributed by atoms with Crippen LogP contribution < -0.4 is 0 Å². The number of carbonyl (C=O) groups is 2. The fourth-order valence-corrected chi connectivity index (χ4v) is 6.36. The van der Waals surface area contributed by atoms with Gasteiger partial charge in [-0.25, -0.2) is 4.57 Å². The number of phosphoric ester groups is 1. The third-order valence-corrected chi connectivity index (χ3v) is 9.86. The Kier molecular flexibility index (Phi) is 39.2. The highest BCUT2D eigenvalue weighted by Gasteiger charge is 2.27. The van der Waals surface area contributed by atoms with Crippen molar-refractivity contribution in [2.75, 3.05) is 26.4 Å². The van der Waals surface area contributed by atoms with Crippen molar-refractivity contribution < 1.29 is 47.8 Å². The molecule has 0 aliphatic carbocycles. The first-order valence-corrected chi connectivity index (χ1v) is 23.2. The van der Waals surface area contributed by atoms with E-state index in [0.29, 0.717) is 12.8 Å². The van der Waals surface area contributed by atoms with Crippen molar-refractivity contribution in [2.24, 2.45) is 0 Å². The lowest BCUT2D eigenvalue weighted by molar-refractivity contribution is -0.161. The van der Waals surface area contributed by atoms with Crippen LogP contribution in [0.15, 0.2) is 60.8 Å². The van der Waals surface area contributed by atoms with E-state index in [2.05, 4.69) is 79.1 Å². The van der Waals surface area contributed by atoms with Crippen LogP contribution in [0.4, 0.5) is 0 Å². The van der Waals surface area contributed by atoms with Gasteiger partial charge < -0.3 is 24.6 Å². The number of carbonyl (C=O) groups excluding carboxylic acids is 2. The molecule has 0 saturated heterocycles. The number of hydrogen-bond donors (Lipinski definition) is 3. The van der Waals surface area contributed by atoms with E-state index in [0.717, 1.165) is 89.9 Å². The van der Waals surface area contributed by atoms with Crippen LogP contribution in [0.3, 0.4) is 0 Å². The van der Waals surface area contributed by atoms with Crippen LogP contribution in [-0.4, -0.2) is 65.7 Å². The average Bonchev–Trinajstić information content (AvgIpc) is 3.19. The molecule has 10 nitrogen and oxygen atoms in total. The Morgan fingerprint density at radius 3 is 1.48 bits per heavy atom. The van der Waals surface area contributed by atoms with Gasteiger partial charge >= 0.3 is 19.8 Å². The molecule has 0 aromatic heterocycles. The molecule has 11 heteroatoms. The largest absolute Gasteiger partial charge is 0.472 e. The molecule has 56 heavy (non-hydrogen) atoms. The molecular formula is C45H79O10P. The summed E-state index contributed by atoms with van der Waals surface area (Å²) in [5.41, 5.74) is 0. The smallest absolute Gasteiger partial charge is 0.462 e. The molecule has 0 aromatic carbocycles. The maximum absolute atomic E-state index is 12.6. The van der Waals surface area contributed by atoms with Gasteiger partial charge in [0.25, 0.3) is 0 Å². The van der Waals surface area contributed by atoms with Crippen LogP contribution in [-0.2, 0) is 32.7 Å². The molecular weight excluding hydrogens is 731 g/mol. The van der Waals surface area contributed by atoms with E-state index in [-0.39, 0.29) is 19.4 Å². The standard InChI is InChI=1S/C45H79O10P/c1-3-5-7-9-11-13-15-17-19-21-23-25-27-29-31-33-35-37-45(49)55-43(41-54-56(50,51)53-39-42(47)38-46)40-52-44(48)36-34-32-30-28-26-24-22-20-18-16-14-12-10-8-6-4-2/h5,7,11,13-14,16-17,19-20,22,42-43,46-47H,3-4,6,8-10,12,15,18,21,23-41H2,1-2H3,(H,50,51)/b7-5-,13-11-,16-14-,19-17-,22-20-. The molecule has 3 N–H and O–H groups in total. The zero-order valence-corrected chi connectivity index (χ0v) is 36.0. The van der Waals surface area contributed by atoms with Crippen molar-refractivity contribution in [3.63, 3.8) is 0 Å². The maximum atomic E-state index is 12.6. The third kappa shape index (κ3) is 39.9. The molecule has 0 aromatic rings. The number of aliphatic hydroxyl groups excluding tert-OH is 2. The second-order valence-corrected chi connectivity index (χ2v) is 15.8. The zero-order chi connectivity index (χ0) is 41.2. The van der Waals surface area contributed by atoms with Gasteiger partial charge in [0.05, 0.1) is 19.8 Å². The SMILES string of the molecule is CC/C=C\C/C=C\C/C=C\CCCCCCCCCC(=O)OC(COC(=O)CCCCCCC/C=C\C/C=C\CCCCCC)COP(=O)(O)OCC(O)CO. The Bertz CT molecular complexity index is 1120. The van der Waals surface area contributed by atoms with Gasteiger partial charge in [0, 0.05) is 12.8 Å². The molecule has 3 unspecified atom stereocenters. The van der Waals surface area contributed by atoms with Gasteiger partial charge in [0.1, 0.15) is 12.7 Å². The van der Waals surface area contributed by atoms with E-state index in [1.54, 1.807) is 0 Å². The Hall–Kier alpha value is -2.33. The van der Waals surface area contributed by atoms with Gasteiger partial charge in [0.15, 0.2) is 6.10 Å². The van der Waals surface area contributed by atoms with Gasteiger partial charge in [-0.05, 0) is 77.0 Å². The van der Waals surface area contributed by atoms with Crippen LogP contribution >= 0.6 is 7.82 Å². The number of phosphoric acid groups is 1. The molecule has 324 valence electrons. The number of aliphatic hydroxyl groups is 2. The summed E-state index contributed by atoms with van der Waals surface area (Å²) in [4.78, 5) is 35.0. The maximum Gasteiger partial charge on any atom is 0.472 e. The second kappa shape index (κ2) is 40.9. The average molecular weight is 811 g/mol. The van der Waals surface area contributed by atoms with Crippen molar-refractivity contribution in [3.05, 3.63) is 60.8 Å². The lowest BCUT2D eigenvalue weighted by Crippen LogP contribution is -2.29. The van der Waals surface area contributed by atoms with E-state index in [4.69, 9.17) is 19.1 Å². The van der Waals surface area contributed by atoms with Crippen molar-refractivity contribution in [2.45, 2.75) is 187 Å². The monoisotopic (exact) mass is 811 g/mol. The van der Waals surface area contributed by atoms with Gasteiger partial charge in [0.2, 0.25) is 0 Å². The first kappa shape index (κ1) is 53.7. The second-order valence-electron chi connectivity index (χ2n) is 14.3. The van der Waals surface area contributed by atoms with Crippen LogP contribution in [0.1, 0.15) is 174 Å². The molecule has 0 spiro atoms. The minimum Gasteiger partial charge on any atom is -0.462 e.